The number of nitrogens with zero attached hydrogens (tertiary/aromatic N) is 2. The smallest absolute Gasteiger partial charge is 0.269 e. The summed E-state index contributed by atoms with van der Waals surface area (Å²) in [6.07, 6.45) is 7.42. The molecule has 4 atom stereocenters. The number of Topliss-reactive ketones (excluding diaryl/α,β-unsaturated/α-hetero) is 1. The monoisotopic (exact) mass is 529 g/mol. The number of amides is 1. The van der Waals surface area contributed by atoms with Crippen molar-refractivity contribution in [2.24, 2.45) is 5.92 Å². The molecule has 3 fully saturated rings. The van der Waals surface area contributed by atoms with E-state index in [1.54, 1.807) is 25.3 Å². The van der Waals surface area contributed by atoms with Crippen LogP contribution >= 0.6 is 0 Å². The average Bonchev–Trinajstić information content (AvgIpc) is 3.68. The largest absolute Gasteiger partial charge is 0.493 e. The number of non-ortho nitro benzene ring substituents is 1. The van der Waals surface area contributed by atoms with Gasteiger partial charge in [0.1, 0.15) is 0 Å². The van der Waals surface area contributed by atoms with Crippen LogP contribution in [0.4, 0.5) is 5.69 Å². The highest BCUT2D eigenvalue weighted by Crippen LogP contribution is 2.65. The molecular weight excluding hydrogens is 498 g/mol. The van der Waals surface area contributed by atoms with Gasteiger partial charge in [-0.25, -0.2) is 0 Å². The number of carbonyl (C=O) groups excluding carboxylic acids is 2. The molecular formula is C30H31N3O6. The fourth-order valence-corrected chi connectivity index (χ4v) is 7.85. The molecule has 2 unspecified atom stereocenters. The maximum absolute atomic E-state index is 13.6. The summed E-state index contributed by atoms with van der Waals surface area (Å²) in [4.78, 5) is 40.2. The highest BCUT2D eigenvalue weighted by Gasteiger charge is 2.73. The quantitative estimate of drug-likeness (QED) is 0.332. The number of carbonyl (C=O) groups is 2. The SMILES string of the molecule is COc1ccc2c3c1OC1C(=O)CC[C@@]4(NC(=O)C=Cc5ccc([N+](=O)[O-])cc5)C(C2)N(CC2CC2)CC[C@]314. The van der Waals surface area contributed by atoms with Crippen molar-refractivity contribution in [1.82, 2.24) is 10.2 Å². The molecule has 7 rings (SSSR count). The third-order valence-electron chi connectivity index (χ3n) is 9.69. The Morgan fingerprint density at radius 2 is 2.03 bits per heavy atom. The summed E-state index contributed by atoms with van der Waals surface area (Å²) in [6.45, 7) is 1.87. The summed E-state index contributed by atoms with van der Waals surface area (Å²) in [6, 6.07) is 10.2. The number of hydrogen-bond donors (Lipinski definition) is 1. The molecule has 1 spiro atoms. The number of nitro benzene ring substituents is 1. The topological polar surface area (TPSA) is 111 Å². The van der Waals surface area contributed by atoms with E-state index in [0.29, 0.717) is 35.8 Å². The molecule has 1 N–H and O–H groups in total. The number of piperidine rings is 1. The normalized spacial score (nSPS) is 30.5. The van der Waals surface area contributed by atoms with Gasteiger partial charge in [0.05, 0.1) is 23.0 Å². The Balaban J connectivity index is 1.30. The van der Waals surface area contributed by atoms with Crippen molar-refractivity contribution < 1.29 is 24.0 Å². The number of hydrogen-bond acceptors (Lipinski definition) is 7. The lowest BCUT2D eigenvalue weighted by molar-refractivity contribution is -0.384. The van der Waals surface area contributed by atoms with E-state index in [1.807, 2.05) is 6.07 Å². The summed E-state index contributed by atoms with van der Waals surface area (Å²) >= 11 is 0. The molecule has 5 aliphatic rings. The van der Waals surface area contributed by atoms with Gasteiger partial charge in [0.2, 0.25) is 5.91 Å². The van der Waals surface area contributed by atoms with Gasteiger partial charge in [-0.1, -0.05) is 6.07 Å². The van der Waals surface area contributed by atoms with Crippen molar-refractivity contribution in [2.45, 2.75) is 61.6 Å². The molecule has 39 heavy (non-hydrogen) atoms. The Labute approximate surface area is 226 Å². The van der Waals surface area contributed by atoms with Crippen LogP contribution in [-0.2, 0) is 21.4 Å². The van der Waals surface area contributed by atoms with E-state index in [1.165, 1.54) is 36.6 Å². The van der Waals surface area contributed by atoms with Crippen LogP contribution in [0.3, 0.4) is 0 Å². The highest BCUT2D eigenvalue weighted by atomic mass is 16.6. The van der Waals surface area contributed by atoms with Crippen molar-refractivity contribution in [3.05, 3.63) is 69.3 Å². The van der Waals surface area contributed by atoms with Gasteiger partial charge >= 0.3 is 0 Å². The zero-order chi connectivity index (χ0) is 26.9. The standard InChI is InChI=1S/C30H31N3O6/c1-38-23-10-7-20-16-24-30(31-25(35)11-6-18-4-8-21(9-5-18)33(36)37)13-12-22(34)28-29(30,26(20)27(23)39-28)14-15-32(24)17-19-2-3-19/h4-11,19,24,28H,2-3,12-17H2,1H3,(H,31,35)/t24?,28?,29-,30+/m0/s1. The molecule has 2 aromatic rings. The summed E-state index contributed by atoms with van der Waals surface area (Å²) < 4.78 is 12.2. The van der Waals surface area contributed by atoms with Crippen LogP contribution in [0.2, 0.25) is 0 Å². The van der Waals surface area contributed by atoms with Crippen molar-refractivity contribution in [2.75, 3.05) is 20.2 Å². The summed E-state index contributed by atoms with van der Waals surface area (Å²) in [5, 5.41) is 14.4. The first-order valence-corrected chi connectivity index (χ1v) is 13.7. The second kappa shape index (κ2) is 8.64. The second-order valence-electron chi connectivity index (χ2n) is 11.6. The third-order valence-corrected chi connectivity index (χ3v) is 9.69. The Morgan fingerprint density at radius 3 is 2.74 bits per heavy atom. The Hall–Kier alpha value is -3.72. The zero-order valence-corrected chi connectivity index (χ0v) is 21.9. The molecule has 2 bridgehead atoms. The van der Waals surface area contributed by atoms with Gasteiger partial charge in [-0.15, -0.1) is 0 Å². The predicted octanol–water partition coefficient (Wildman–Crippen LogP) is 3.57. The van der Waals surface area contributed by atoms with Crippen LogP contribution in [0.5, 0.6) is 11.5 Å². The first kappa shape index (κ1) is 24.3. The third kappa shape index (κ3) is 3.48. The van der Waals surface area contributed by atoms with E-state index in [0.717, 1.165) is 31.5 Å². The number of likely N-dealkylation sites (tertiary alicyclic amines) is 1. The zero-order valence-electron chi connectivity index (χ0n) is 21.9. The van der Waals surface area contributed by atoms with Crippen molar-refractivity contribution in [1.29, 1.82) is 0 Å². The van der Waals surface area contributed by atoms with Gasteiger partial charge in [0.15, 0.2) is 23.4 Å². The number of methoxy groups -OCH3 is 1. The Morgan fingerprint density at radius 1 is 1.23 bits per heavy atom. The molecule has 202 valence electrons. The fraction of sp³-hybridized carbons (Fsp3) is 0.467. The number of ether oxygens (including phenoxy) is 2. The van der Waals surface area contributed by atoms with Gasteiger partial charge < -0.3 is 14.8 Å². The minimum absolute atomic E-state index is 0.00409. The van der Waals surface area contributed by atoms with Gasteiger partial charge in [0, 0.05) is 42.8 Å². The average molecular weight is 530 g/mol. The van der Waals surface area contributed by atoms with Gasteiger partial charge in [0.25, 0.3) is 5.69 Å². The first-order valence-electron chi connectivity index (χ1n) is 13.7. The summed E-state index contributed by atoms with van der Waals surface area (Å²) in [5.74, 6) is 1.83. The molecule has 1 saturated heterocycles. The van der Waals surface area contributed by atoms with E-state index in [4.69, 9.17) is 9.47 Å². The number of rotatable bonds is 7. The van der Waals surface area contributed by atoms with Crippen LogP contribution in [0.25, 0.3) is 6.08 Å². The lowest BCUT2D eigenvalue weighted by Crippen LogP contribution is -2.81. The number of nitro groups is 1. The number of nitrogens with one attached hydrogen (secondary N) is 1. The van der Waals surface area contributed by atoms with Crippen molar-refractivity contribution >= 4 is 23.5 Å². The lowest BCUT2D eigenvalue weighted by Gasteiger charge is -2.65. The number of ketones is 1. The summed E-state index contributed by atoms with van der Waals surface area (Å²) in [7, 11) is 1.62. The molecule has 2 aromatic carbocycles. The minimum Gasteiger partial charge on any atom is -0.493 e. The van der Waals surface area contributed by atoms with Crippen LogP contribution in [-0.4, -0.2) is 59.4 Å². The molecule has 2 aliphatic heterocycles. The van der Waals surface area contributed by atoms with Crippen LogP contribution in [0.1, 0.15) is 48.8 Å². The molecule has 2 heterocycles. The predicted molar refractivity (Wildman–Crippen MR) is 143 cm³/mol. The van der Waals surface area contributed by atoms with E-state index >= 15 is 0 Å². The van der Waals surface area contributed by atoms with Gasteiger partial charge in [-0.3, -0.25) is 24.6 Å². The Kier molecular flexibility index (Phi) is 5.39. The summed E-state index contributed by atoms with van der Waals surface area (Å²) in [5.41, 5.74) is 1.61. The second-order valence-corrected chi connectivity index (χ2v) is 11.6. The van der Waals surface area contributed by atoms with E-state index in [9.17, 15) is 19.7 Å². The maximum Gasteiger partial charge on any atom is 0.269 e. The fourth-order valence-electron chi connectivity index (χ4n) is 7.85. The molecule has 9 heteroatoms. The van der Waals surface area contributed by atoms with E-state index in [2.05, 4.69) is 16.3 Å². The van der Waals surface area contributed by atoms with Gasteiger partial charge in [-0.05, 0) is 80.0 Å². The maximum atomic E-state index is 13.6. The van der Waals surface area contributed by atoms with E-state index in [-0.39, 0.29) is 23.4 Å². The van der Waals surface area contributed by atoms with Gasteiger partial charge in [-0.2, -0.15) is 0 Å². The van der Waals surface area contributed by atoms with Crippen LogP contribution in [0, 0.1) is 16.0 Å². The number of benzene rings is 2. The first-order chi connectivity index (χ1) is 18.9. The highest BCUT2D eigenvalue weighted by molar-refractivity contribution is 5.95. The molecule has 3 aliphatic carbocycles. The molecule has 0 radical (unpaired) electrons. The molecule has 9 nitrogen and oxygen atoms in total. The van der Waals surface area contributed by atoms with E-state index < -0.39 is 22.0 Å². The van der Waals surface area contributed by atoms with Crippen molar-refractivity contribution in [3.63, 3.8) is 0 Å². The van der Waals surface area contributed by atoms with Crippen molar-refractivity contribution in [3.8, 4) is 11.5 Å². The molecule has 1 amide bonds. The molecule has 2 saturated carbocycles. The van der Waals surface area contributed by atoms with Crippen LogP contribution in [0.15, 0.2) is 42.5 Å². The van der Waals surface area contributed by atoms with Crippen LogP contribution < -0.4 is 14.8 Å². The molecule has 0 aromatic heterocycles. The lowest BCUT2D eigenvalue weighted by atomic mass is 9.47. The minimum atomic E-state index is -0.666. The Bertz CT molecular complexity index is 1420.